The van der Waals surface area contributed by atoms with Crippen molar-refractivity contribution in [3.63, 3.8) is 0 Å². The van der Waals surface area contributed by atoms with Crippen LogP contribution in [0.4, 0.5) is 14.5 Å². The number of benzene rings is 1. The van der Waals surface area contributed by atoms with Crippen LogP contribution in [0.2, 0.25) is 10.0 Å². The monoisotopic (exact) mass is 227 g/mol. The van der Waals surface area contributed by atoms with Gasteiger partial charge in [-0.2, -0.15) is 8.78 Å². The molecule has 1 aromatic carbocycles. The standard InChI is InChI=1S/C7H5Cl2F2NO/c8-3-1-4(9)6(2-5(3)12)13-7(10)11/h1-2,7H,12H2. The first-order chi connectivity index (χ1) is 6.00. The molecular formula is C7H5Cl2F2NO. The van der Waals surface area contributed by atoms with Gasteiger partial charge in [-0.05, 0) is 6.07 Å². The molecule has 0 radical (unpaired) electrons. The summed E-state index contributed by atoms with van der Waals surface area (Å²) in [5.41, 5.74) is 5.49. The molecule has 0 amide bonds. The summed E-state index contributed by atoms with van der Waals surface area (Å²) in [6.07, 6.45) is 0. The summed E-state index contributed by atoms with van der Waals surface area (Å²) in [7, 11) is 0. The summed E-state index contributed by atoms with van der Waals surface area (Å²) in [5, 5.41) is 0.200. The number of hydrogen-bond donors (Lipinski definition) is 1. The number of halogens is 4. The number of nitrogen functional groups attached to an aromatic ring is 1. The first-order valence-corrected chi connectivity index (χ1v) is 3.95. The Bertz CT molecular complexity index is 320. The van der Waals surface area contributed by atoms with Crippen molar-refractivity contribution in [1.29, 1.82) is 0 Å². The van der Waals surface area contributed by atoms with Crippen LogP contribution in [0.25, 0.3) is 0 Å². The number of hydrogen-bond acceptors (Lipinski definition) is 2. The van der Waals surface area contributed by atoms with E-state index in [0.717, 1.165) is 6.07 Å². The molecule has 0 fully saturated rings. The van der Waals surface area contributed by atoms with Gasteiger partial charge in [-0.1, -0.05) is 23.2 Å². The largest absolute Gasteiger partial charge is 0.433 e. The van der Waals surface area contributed by atoms with E-state index in [2.05, 4.69) is 4.74 Å². The van der Waals surface area contributed by atoms with Crippen LogP contribution in [0, 0.1) is 0 Å². The van der Waals surface area contributed by atoms with Crippen LogP contribution >= 0.6 is 23.2 Å². The zero-order chi connectivity index (χ0) is 10.0. The molecule has 6 heteroatoms. The fraction of sp³-hybridized carbons (Fsp3) is 0.143. The third-order valence-corrected chi connectivity index (χ3v) is 1.89. The quantitative estimate of drug-likeness (QED) is 0.789. The average molecular weight is 228 g/mol. The van der Waals surface area contributed by atoms with Crippen LogP contribution in [0.3, 0.4) is 0 Å². The molecule has 0 aliphatic carbocycles. The smallest absolute Gasteiger partial charge is 0.387 e. The Hall–Kier alpha value is -0.740. The molecule has 0 atom stereocenters. The van der Waals surface area contributed by atoms with Gasteiger partial charge < -0.3 is 10.5 Å². The molecule has 0 aromatic heterocycles. The summed E-state index contributed by atoms with van der Waals surface area (Å²) >= 11 is 11.1. The molecule has 2 nitrogen and oxygen atoms in total. The first-order valence-electron chi connectivity index (χ1n) is 3.20. The topological polar surface area (TPSA) is 35.2 Å². The maximum absolute atomic E-state index is 11.8. The lowest BCUT2D eigenvalue weighted by molar-refractivity contribution is -0.0497. The van der Waals surface area contributed by atoms with Crippen molar-refractivity contribution in [2.75, 3.05) is 5.73 Å². The van der Waals surface area contributed by atoms with Gasteiger partial charge >= 0.3 is 6.61 Å². The molecular weight excluding hydrogens is 223 g/mol. The van der Waals surface area contributed by atoms with Crippen LogP contribution in [-0.2, 0) is 0 Å². The van der Waals surface area contributed by atoms with Crippen molar-refractivity contribution in [2.45, 2.75) is 6.61 Å². The SMILES string of the molecule is Nc1cc(OC(F)F)c(Cl)cc1Cl. The van der Waals surface area contributed by atoms with Crippen LogP contribution in [0.1, 0.15) is 0 Å². The second kappa shape index (κ2) is 3.98. The van der Waals surface area contributed by atoms with Gasteiger partial charge in [0.05, 0.1) is 15.7 Å². The Balaban J connectivity index is 3.01. The lowest BCUT2D eigenvalue weighted by Gasteiger charge is -2.07. The van der Waals surface area contributed by atoms with E-state index in [1.165, 1.54) is 6.07 Å². The van der Waals surface area contributed by atoms with Crippen molar-refractivity contribution in [1.82, 2.24) is 0 Å². The predicted octanol–water partition coefficient (Wildman–Crippen LogP) is 3.18. The highest BCUT2D eigenvalue weighted by atomic mass is 35.5. The minimum atomic E-state index is -2.93. The molecule has 1 rings (SSSR count). The van der Waals surface area contributed by atoms with Gasteiger partial charge in [0.15, 0.2) is 0 Å². The van der Waals surface area contributed by atoms with Crippen molar-refractivity contribution >= 4 is 28.9 Å². The van der Waals surface area contributed by atoms with Gasteiger partial charge in [-0.3, -0.25) is 0 Å². The normalized spacial score (nSPS) is 10.5. The average Bonchev–Trinajstić information content (AvgIpc) is 1.99. The molecule has 1 aromatic rings. The number of anilines is 1. The molecule has 0 aliphatic rings. The Labute approximate surface area is 83.2 Å². The highest BCUT2D eigenvalue weighted by Gasteiger charge is 2.10. The summed E-state index contributed by atoms with van der Waals surface area (Å²) in [5.74, 6) is -0.182. The zero-order valence-electron chi connectivity index (χ0n) is 6.23. The van der Waals surface area contributed by atoms with Gasteiger partial charge in [0.25, 0.3) is 0 Å². The van der Waals surface area contributed by atoms with Crippen LogP contribution in [0.5, 0.6) is 5.75 Å². The van der Waals surface area contributed by atoms with E-state index in [1.54, 1.807) is 0 Å². The molecule has 2 N–H and O–H groups in total. The van der Waals surface area contributed by atoms with E-state index < -0.39 is 6.61 Å². The summed E-state index contributed by atoms with van der Waals surface area (Å²) in [6.45, 7) is -2.93. The minimum Gasteiger partial charge on any atom is -0.433 e. The molecule has 13 heavy (non-hydrogen) atoms. The molecule has 0 saturated carbocycles. The molecule has 0 heterocycles. The fourth-order valence-corrected chi connectivity index (χ4v) is 1.16. The van der Waals surface area contributed by atoms with Gasteiger partial charge in [0.1, 0.15) is 5.75 Å². The highest BCUT2D eigenvalue weighted by molar-refractivity contribution is 6.37. The summed E-state index contributed by atoms with van der Waals surface area (Å²) in [4.78, 5) is 0. The Morgan fingerprint density at radius 3 is 2.38 bits per heavy atom. The lowest BCUT2D eigenvalue weighted by Crippen LogP contribution is -2.03. The number of nitrogens with two attached hydrogens (primary N) is 1. The Morgan fingerprint density at radius 2 is 1.85 bits per heavy atom. The van der Waals surface area contributed by atoms with E-state index in [9.17, 15) is 8.78 Å². The predicted molar refractivity (Wildman–Crippen MR) is 47.5 cm³/mol. The van der Waals surface area contributed by atoms with Gasteiger partial charge in [-0.25, -0.2) is 0 Å². The molecule has 0 unspecified atom stereocenters. The zero-order valence-corrected chi connectivity index (χ0v) is 7.74. The molecule has 72 valence electrons. The summed E-state index contributed by atoms with van der Waals surface area (Å²) < 4.78 is 27.6. The second-order valence-corrected chi connectivity index (χ2v) is 3.00. The minimum absolute atomic E-state index is 0.000463. The van der Waals surface area contributed by atoms with Crippen molar-refractivity contribution < 1.29 is 13.5 Å². The number of ether oxygens (including phenoxy) is 1. The maximum atomic E-state index is 11.8. The highest BCUT2D eigenvalue weighted by Crippen LogP contribution is 2.33. The Kier molecular flexibility index (Phi) is 3.17. The third kappa shape index (κ3) is 2.60. The molecule has 0 bridgehead atoms. The van der Waals surface area contributed by atoms with Crippen molar-refractivity contribution in [3.8, 4) is 5.75 Å². The van der Waals surface area contributed by atoms with Crippen LogP contribution in [-0.4, -0.2) is 6.61 Å². The van der Waals surface area contributed by atoms with Gasteiger partial charge in [0.2, 0.25) is 0 Å². The number of rotatable bonds is 2. The third-order valence-electron chi connectivity index (χ3n) is 1.27. The molecule has 0 spiro atoms. The Morgan fingerprint density at radius 1 is 1.23 bits per heavy atom. The molecule has 0 saturated heterocycles. The van der Waals surface area contributed by atoms with E-state index >= 15 is 0 Å². The maximum Gasteiger partial charge on any atom is 0.387 e. The van der Waals surface area contributed by atoms with Crippen molar-refractivity contribution in [2.24, 2.45) is 0 Å². The van der Waals surface area contributed by atoms with E-state index in [1.807, 2.05) is 0 Å². The van der Waals surface area contributed by atoms with E-state index in [4.69, 9.17) is 28.9 Å². The van der Waals surface area contributed by atoms with Crippen LogP contribution in [0.15, 0.2) is 12.1 Å². The van der Waals surface area contributed by atoms with E-state index in [0.29, 0.717) is 0 Å². The van der Waals surface area contributed by atoms with E-state index in [-0.39, 0.29) is 21.5 Å². The molecule has 0 aliphatic heterocycles. The van der Waals surface area contributed by atoms with Gasteiger partial charge in [-0.15, -0.1) is 0 Å². The first kappa shape index (κ1) is 10.3. The fourth-order valence-electron chi connectivity index (χ4n) is 0.731. The van der Waals surface area contributed by atoms with Crippen molar-refractivity contribution in [3.05, 3.63) is 22.2 Å². The lowest BCUT2D eigenvalue weighted by atomic mass is 10.3. The van der Waals surface area contributed by atoms with Gasteiger partial charge in [0, 0.05) is 6.07 Å². The summed E-state index contributed by atoms with van der Waals surface area (Å²) in [6, 6.07) is 2.40. The number of alkyl halides is 2. The van der Waals surface area contributed by atoms with Crippen LogP contribution < -0.4 is 10.5 Å². The second-order valence-electron chi connectivity index (χ2n) is 2.18.